The Balaban J connectivity index is 2.17. The molecule has 0 saturated carbocycles. The van der Waals surface area contributed by atoms with Gasteiger partial charge >= 0.3 is 0 Å². The molecule has 164 valence electrons. The van der Waals surface area contributed by atoms with Crippen molar-refractivity contribution in [2.45, 2.75) is 33.2 Å². The van der Waals surface area contributed by atoms with Crippen molar-refractivity contribution >= 4 is 16.8 Å². The minimum atomic E-state index is -0.358. The van der Waals surface area contributed by atoms with Crippen LogP contribution in [0.2, 0.25) is 0 Å². The summed E-state index contributed by atoms with van der Waals surface area (Å²) < 4.78 is 1.65. The van der Waals surface area contributed by atoms with Crippen LogP contribution in [0.1, 0.15) is 39.1 Å². The van der Waals surface area contributed by atoms with E-state index in [4.69, 9.17) is 4.98 Å². The van der Waals surface area contributed by atoms with E-state index in [-0.39, 0.29) is 23.4 Å². The molecule has 0 spiro atoms. The fourth-order valence-electron chi connectivity index (χ4n) is 3.70. The second-order valence-corrected chi connectivity index (χ2v) is 8.63. The number of benzene rings is 2. The second-order valence-electron chi connectivity index (χ2n) is 8.63. The predicted octanol–water partition coefficient (Wildman–Crippen LogP) is 3.88. The van der Waals surface area contributed by atoms with Crippen molar-refractivity contribution in [3.05, 3.63) is 70.8 Å². The number of nitrogens with zero attached hydrogens (tertiary/aromatic N) is 4. The molecule has 0 fully saturated rings. The van der Waals surface area contributed by atoms with E-state index in [1.165, 1.54) is 0 Å². The molecule has 0 radical (unpaired) electrons. The molecule has 1 unspecified atom stereocenters. The standard InChI is InChI=1S/C25H32N4O2/c1-18(2)17-23(30)28(16-15-27(4)5)19(3)24-26-22-14-10-9-13-21(22)25(31)29(24)20-11-7-6-8-12-20/h6-14,18-19H,15-17H2,1-5H3. The van der Waals surface area contributed by atoms with Gasteiger partial charge in [0.2, 0.25) is 5.91 Å². The fourth-order valence-corrected chi connectivity index (χ4v) is 3.70. The largest absolute Gasteiger partial charge is 0.331 e. The lowest BCUT2D eigenvalue weighted by molar-refractivity contribution is -0.134. The van der Waals surface area contributed by atoms with Crippen molar-refractivity contribution in [1.29, 1.82) is 0 Å². The molecule has 1 atom stereocenters. The zero-order valence-corrected chi connectivity index (χ0v) is 19.1. The first-order chi connectivity index (χ1) is 14.8. The molecular formula is C25H32N4O2. The van der Waals surface area contributed by atoms with Crippen LogP contribution in [0.15, 0.2) is 59.4 Å². The van der Waals surface area contributed by atoms with Crippen LogP contribution in [0, 0.1) is 5.92 Å². The number of likely N-dealkylation sites (N-methyl/N-ethyl adjacent to an activating group) is 1. The maximum absolute atomic E-state index is 13.5. The van der Waals surface area contributed by atoms with Gasteiger partial charge in [-0.2, -0.15) is 0 Å². The summed E-state index contributed by atoms with van der Waals surface area (Å²) in [6.45, 7) is 7.35. The Morgan fingerprint density at radius 3 is 2.26 bits per heavy atom. The van der Waals surface area contributed by atoms with Crippen molar-refractivity contribution in [3.8, 4) is 5.69 Å². The van der Waals surface area contributed by atoms with Crippen LogP contribution in [0.4, 0.5) is 0 Å². The van der Waals surface area contributed by atoms with E-state index < -0.39 is 0 Å². The Bertz CT molecular complexity index is 1090. The third kappa shape index (κ3) is 5.20. The molecule has 0 saturated heterocycles. The summed E-state index contributed by atoms with van der Waals surface area (Å²) in [5.41, 5.74) is 1.27. The Kier molecular flexibility index (Phi) is 7.23. The van der Waals surface area contributed by atoms with Gasteiger partial charge < -0.3 is 9.80 Å². The van der Waals surface area contributed by atoms with E-state index in [1.807, 2.05) is 88.3 Å². The van der Waals surface area contributed by atoms with Gasteiger partial charge in [0.25, 0.3) is 5.56 Å². The highest BCUT2D eigenvalue weighted by Gasteiger charge is 2.27. The average Bonchev–Trinajstić information content (AvgIpc) is 2.73. The highest BCUT2D eigenvalue weighted by atomic mass is 16.2. The zero-order valence-electron chi connectivity index (χ0n) is 19.1. The SMILES string of the molecule is CC(C)CC(=O)N(CCN(C)C)C(C)c1nc2ccccc2c(=O)n1-c1ccccc1. The summed E-state index contributed by atoms with van der Waals surface area (Å²) >= 11 is 0. The average molecular weight is 421 g/mol. The van der Waals surface area contributed by atoms with Crippen molar-refractivity contribution in [3.63, 3.8) is 0 Å². The number of carbonyl (C=O) groups is 1. The van der Waals surface area contributed by atoms with Gasteiger partial charge in [-0.15, -0.1) is 0 Å². The van der Waals surface area contributed by atoms with Gasteiger partial charge in [0.1, 0.15) is 5.82 Å². The summed E-state index contributed by atoms with van der Waals surface area (Å²) in [5.74, 6) is 0.902. The molecule has 0 aliphatic heterocycles. The molecule has 6 heteroatoms. The minimum Gasteiger partial charge on any atom is -0.331 e. The molecule has 3 rings (SSSR count). The lowest BCUT2D eigenvalue weighted by Crippen LogP contribution is -2.41. The van der Waals surface area contributed by atoms with E-state index in [0.717, 1.165) is 12.2 Å². The van der Waals surface area contributed by atoms with E-state index in [2.05, 4.69) is 4.90 Å². The molecule has 31 heavy (non-hydrogen) atoms. The normalized spacial score (nSPS) is 12.5. The summed E-state index contributed by atoms with van der Waals surface area (Å²) in [4.78, 5) is 35.5. The highest BCUT2D eigenvalue weighted by Crippen LogP contribution is 2.24. The third-order valence-electron chi connectivity index (χ3n) is 5.35. The van der Waals surface area contributed by atoms with Gasteiger partial charge in [0, 0.05) is 19.5 Å². The lowest BCUT2D eigenvalue weighted by atomic mass is 10.1. The van der Waals surface area contributed by atoms with Crippen LogP contribution in [0.5, 0.6) is 0 Å². The van der Waals surface area contributed by atoms with Crippen LogP contribution in [0.3, 0.4) is 0 Å². The molecular weight excluding hydrogens is 388 g/mol. The Labute approximate surface area is 184 Å². The first-order valence-corrected chi connectivity index (χ1v) is 10.8. The van der Waals surface area contributed by atoms with E-state index in [0.29, 0.717) is 29.7 Å². The van der Waals surface area contributed by atoms with Crippen LogP contribution >= 0.6 is 0 Å². The Morgan fingerprint density at radius 2 is 1.61 bits per heavy atom. The summed E-state index contributed by atoms with van der Waals surface area (Å²) in [6.07, 6.45) is 0.459. The number of rotatable bonds is 8. The summed E-state index contributed by atoms with van der Waals surface area (Å²) in [6, 6.07) is 16.5. The van der Waals surface area contributed by atoms with Gasteiger partial charge in [-0.3, -0.25) is 14.2 Å². The van der Waals surface area contributed by atoms with Gasteiger partial charge in [-0.1, -0.05) is 44.2 Å². The lowest BCUT2D eigenvalue weighted by Gasteiger charge is -2.32. The number of para-hydroxylation sites is 2. The van der Waals surface area contributed by atoms with Crippen LogP contribution in [-0.2, 0) is 4.79 Å². The first-order valence-electron chi connectivity index (χ1n) is 10.8. The summed E-state index contributed by atoms with van der Waals surface area (Å²) in [5, 5.41) is 0.565. The number of aromatic nitrogens is 2. The third-order valence-corrected chi connectivity index (χ3v) is 5.35. The van der Waals surface area contributed by atoms with Crippen molar-refractivity contribution in [1.82, 2.24) is 19.4 Å². The molecule has 1 amide bonds. The van der Waals surface area contributed by atoms with Crippen LogP contribution in [0.25, 0.3) is 16.6 Å². The predicted molar refractivity (Wildman–Crippen MR) is 125 cm³/mol. The van der Waals surface area contributed by atoms with Crippen molar-refractivity contribution in [2.24, 2.45) is 5.92 Å². The van der Waals surface area contributed by atoms with E-state index in [9.17, 15) is 9.59 Å². The molecule has 0 aliphatic carbocycles. The maximum Gasteiger partial charge on any atom is 0.266 e. The Morgan fingerprint density at radius 1 is 0.968 bits per heavy atom. The molecule has 3 aromatic rings. The first kappa shape index (κ1) is 22.7. The zero-order chi connectivity index (χ0) is 22.5. The van der Waals surface area contributed by atoms with Gasteiger partial charge in [0.15, 0.2) is 0 Å². The van der Waals surface area contributed by atoms with Crippen LogP contribution < -0.4 is 5.56 Å². The molecule has 1 heterocycles. The number of hydrogen-bond acceptors (Lipinski definition) is 4. The highest BCUT2D eigenvalue weighted by molar-refractivity contribution is 5.79. The molecule has 1 aromatic heterocycles. The second kappa shape index (κ2) is 9.88. The van der Waals surface area contributed by atoms with Crippen LogP contribution in [-0.4, -0.2) is 52.4 Å². The number of carbonyl (C=O) groups excluding carboxylic acids is 1. The minimum absolute atomic E-state index is 0.0753. The van der Waals surface area contributed by atoms with Crippen molar-refractivity contribution in [2.75, 3.05) is 27.2 Å². The van der Waals surface area contributed by atoms with E-state index >= 15 is 0 Å². The number of fused-ring (bicyclic) bond motifs is 1. The number of amides is 1. The number of hydrogen-bond donors (Lipinski definition) is 0. The van der Waals surface area contributed by atoms with Gasteiger partial charge in [0.05, 0.1) is 22.6 Å². The smallest absolute Gasteiger partial charge is 0.266 e. The van der Waals surface area contributed by atoms with Gasteiger partial charge in [-0.05, 0) is 51.2 Å². The monoisotopic (exact) mass is 420 g/mol. The van der Waals surface area contributed by atoms with E-state index in [1.54, 1.807) is 10.6 Å². The molecule has 0 N–H and O–H groups in total. The molecule has 0 bridgehead atoms. The topological polar surface area (TPSA) is 58.4 Å². The van der Waals surface area contributed by atoms with Crippen molar-refractivity contribution < 1.29 is 4.79 Å². The summed E-state index contributed by atoms with van der Waals surface area (Å²) in [7, 11) is 3.98. The maximum atomic E-state index is 13.5. The fraction of sp³-hybridized carbons (Fsp3) is 0.400. The Hall–Kier alpha value is -2.99. The van der Waals surface area contributed by atoms with Gasteiger partial charge in [-0.25, -0.2) is 4.98 Å². The molecule has 0 aliphatic rings. The molecule has 6 nitrogen and oxygen atoms in total. The molecule has 2 aromatic carbocycles. The quantitative estimate of drug-likeness (QED) is 0.555.